The molecule has 8 aromatic carbocycles. The monoisotopic (exact) mass is 732 g/mol. The molecule has 53 heavy (non-hydrogen) atoms. The Kier molecular flexibility index (Phi) is 7.92. The summed E-state index contributed by atoms with van der Waals surface area (Å²) in [5, 5.41) is 5.76. The van der Waals surface area contributed by atoms with E-state index in [0.717, 1.165) is 54.6 Å². The van der Waals surface area contributed by atoms with Crippen LogP contribution in [0.2, 0.25) is 0 Å². The van der Waals surface area contributed by atoms with Gasteiger partial charge in [-0.1, -0.05) is 127 Å². The summed E-state index contributed by atoms with van der Waals surface area (Å²) in [5.41, 5.74) is 5.04. The first-order valence-corrected chi connectivity index (χ1v) is 20.2. The summed E-state index contributed by atoms with van der Waals surface area (Å²) in [4.78, 5) is -0.220. The van der Waals surface area contributed by atoms with E-state index in [9.17, 15) is 13.0 Å². The predicted octanol–water partition coefficient (Wildman–Crippen LogP) is 10.7. The van der Waals surface area contributed by atoms with Gasteiger partial charge in [0.1, 0.15) is 10.6 Å². The Morgan fingerprint density at radius 1 is 0.472 bits per heavy atom. The van der Waals surface area contributed by atoms with Crippen molar-refractivity contribution in [2.75, 3.05) is 0 Å². The highest BCUT2D eigenvalue weighted by Gasteiger charge is 2.32. The number of hydrogen-bond donors (Lipinski definition) is 1. The second kappa shape index (κ2) is 12.7. The molecule has 0 aliphatic heterocycles. The third-order valence-electron chi connectivity index (χ3n) is 10.3. The molecule has 1 aliphatic carbocycles. The molecule has 0 aromatic heterocycles. The lowest BCUT2D eigenvalue weighted by Crippen LogP contribution is -2.15. The SMILES string of the molecule is O=S(=O)(O)c1ccc(OS(=O)(=O)c2c(-c3cccc4ccccc34)cc(-c3cccc4ccccc34)cc2-c2cccc3ccccc23)c2c1CCC2. The van der Waals surface area contributed by atoms with Gasteiger partial charge < -0.3 is 4.18 Å². The van der Waals surface area contributed by atoms with E-state index in [2.05, 4.69) is 24.3 Å². The zero-order chi connectivity index (χ0) is 36.3. The summed E-state index contributed by atoms with van der Waals surface area (Å²) in [6.07, 6.45) is 1.39. The summed E-state index contributed by atoms with van der Waals surface area (Å²) in [6.45, 7) is 0. The van der Waals surface area contributed by atoms with Gasteiger partial charge >= 0.3 is 10.1 Å². The van der Waals surface area contributed by atoms with Crippen molar-refractivity contribution in [3.63, 3.8) is 0 Å². The molecule has 0 saturated carbocycles. The van der Waals surface area contributed by atoms with Gasteiger partial charge in [0.2, 0.25) is 0 Å². The summed E-state index contributed by atoms with van der Waals surface area (Å²) in [6, 6.07) is 48.3. The van der Waals surface area contributed by atoms with E-state index in [4.69, 9.17) is 4.18 Å². The molecule has 1 aliphatic rings. The largest absolute Gasteiger partial charge is 0.379 e. The quantitative estimate of drug-likeness (QED) is 0.129. The summed E-state index contributed by atoms with van der Waals surface area (Å²) in [5.74, 6) is 0.0516. The third kappa shape index (κ3) is 5.76. The van der Waals surface area contributed by atoms with Crippen molar-refractivity contribution in [1.82, 2.24) is 0 Å². The highest BCUT2D eigenvalue weighted by Crippen LogP contribution is 2.46. The first-order chi connectivity index (χ1) is 25.7. The van der Waals surface area contributed by atoms with Crippen LogP contribution in [0.4, 0.5) is 0 Å². The lowest BCUT2D eigenvalue weighted by atomic mass is 9.88. The Bertz CT molecular complexity index is 2890. The fourth-order valence-corrected chi connectivity index (χ4v) is 10.1. The minimum atomic E-state index is -4.63. The molecule has 0 fully saturated rings. The maximum atomic E-state index is 15.2. The van der Waals surface area contributed by atoms with E-state index in [0.29, 0.717) is 41.5 Å². The van der Waals surface area contributed by atoms with Gasteiger partial charge in [-0.2, -0.15) is 16.8 Å². The number of fused-ring (bicyclic) bond motifs is 4. The molecule has 0 saturated heterocycles. The molecule has 0 bridgehead atoms. The zero-order valence-electron chi connectivity index (χ0n) is 28.4. The lowest BCUT2D eigenvalue weighted by Gasteiger charge is -2.21. The average Bonchev–Trinajstić information content (AvgIpc) is 3.67. The minimum Gasteiger partial charge on any atom is -0.379 e. The molecule has 9 rings (SSSR count). The van der Waals surface area contributed by atoms with Crippen LogP contribution >= 0.6 is 0 Å². The Balaban J connectivity index is 1.39. The molecule has 0 amide bonds. The van der Waals surface area contributed by atoms with Gasteiger partial charge in [0.15, 0.2) is 0 Å². The molecular formula is C45H32O6S2. The van der Waals surface area contributed by atoms with Gasteiger partial charge in [0, 0.05) is 16.7 Å². The van der Waals surface area contributed by atoms with E-state index >= 15 is 8.42 Å². The van der Waals surface area contributed by atoms with Gasteiger partial charge in [-0.25, -0.2) is 0 Å². The van der Waals surface area contributed by atoms with E-state index < -0.39 is 20.2 Å². The van der Waals surface area contributed by atoms with Gasteiger partial charge in [-0.05, 0) is 104 Å². The molecule has 8 aromatic rings. The topological polar surface area (TPSA) is 97.7 Å². The van der Waals surface area contributed by atoms with Crippen LogP contribution < -0.4 is 4.18 Å². The van der Waals surface area contributed by atoms with Crippen molar-refractivity contribution < 1.29 is 25.6 Å². The normalized spacial score (nSPS) is 13.1. The molecule has 6 nitrogen and oxygen atoms in total. The molecule has 0 unspecified atom stereocenters. The van der Waals surface area contributed by atoms with Crippen LogP contribution in [0, 0.1) is 0 Å². The maximum absolute atomic E-state index is 15.2. The molecule has 1 N–H and O–H groups in total. The lowest BCUT2D eigenvalue weighted by molar-refractivity contribution is 0.480. The summed E-state index contributed by atoms with van der Waals surface area (Å²) < 4.78 is 71.0. The van der Waals surface area contributed by atoms with Crippen molar-refractivity contribution in [2.45, 2.75) is 29.1 Å². The number of benzene rings is 8. The van der Waals surface area contributed by atoms with Crippen LogP contribution in [0.25, 0.3) is 65.7 Å². The van der Waals surface area contributed by atoms with Gasteiger partial charge in [-0.15, -0.1) is 0 Å². The third-order valence-corrected chi connectivity index (χ3v) is 12.6. The Morgan fingerprint density at radius 2 is 0.925 bits per heavy atom. The fourth-order valence-electron chi connectivity index (χ4n) is 7.97. The molecule has 0 heterocycles. The molecule has 0 spiro atoms. The molecular weight excluding hydrogens is 701 g/mol. The summed E-state index contributed by atoms with van der Waals surface area (Å²) >= 11 is 0. The Hall–Kier alpha value is -5.80. The number of rotatable bonds is 7. The minimum absolute atomic E-state index is 0.000189. The highest BCUT2D eigenvalue weighted by molar-refractivity contribution is 7.87. The Labute approximate surface area is 307 Å². The van der Waals surface area contributed by atoms with Crippen molar-refractivity contribution in [1.29, 1.82) is 0 Å². The second-order valence-electron chi connectivity index (χ2n) is 13.4. The van der Waals surface area contributed by atoms with Crippen LogP contribution in [-0.2, 0) is 33.1 Å². The van der Waals surface area contributed by atoms with E-state index in [-0.39, 0.29) is 15.5 Å². The molecule has 260 valence electrons. The van der Waals surface area contributed by atoms with Crippen LogP contribution in [0.3, 0.4) is 0 Å². The van der Waals surface area contributed by atoms with Crippen molar-refractivity contribution in [2.24, 2.45) is 0 Å². The molecule has 8 heteroatoms. The van der Waals surface area contributed by atoms with Gasteiger partial charge in [-0.3, -0.25) is 4.55 Å². The standard InChI is InChI=1S/C45H32O6S2/c46-52(47,48)44-26-25-43(39-23-10-24-40(39)44)51-53(49,50)45-41(37-21-8-15-30-12-2-5-18-34(30)37)27-32(36-20-7-14-29-11-1-4-17-33(29)36)28-42(45)38-22-9-16-31-13-3-6-19-35(31)38/h1-9,11-22,25-28H,10,23-24H2,(H,46,47,48). The van der Waals surface area contributed by atoms with E-state index in [1.54, 1.807) is 0 Å². The predicted molar refractivity (Wildman–Crippen MR) is 211 cm³/mol. The molecule has 0 atom stereocenters. The Morgan fingerprint density at radius 3 is 1.45 bits per heavy atom. The van der Waals surface area contributed by atoms with Crippen LogP contribution in [0.1, 0.15) is 17.5 Å². The smallest absolute Gasteiger partial charge is 0.340 e. The fraction of sp³-hybridized carbons (Fsp3) is 0.0667. The molecule has 0 radical (unpaired) electrons. The van der Waals surface area contributed by atoms with Crippen molar-refractivity contribution >= 4 is 52.6 Å². The first-order valence-electron chi connectivity index (χ1n) is 17.4. The zero-order valence-corrected chi connectivity index (χ0v) is 30.0. The summed E-state index contributed by atoms with van der Waals surface area (Å²) in [7, 11) is -9.15. The van der Waals surface area contributed by atoms with Crippen LogP contribution in [-0.4, -0.2) is 21.4 Å². The van der Waals surface area contributed by atoms with Gasteiger partial charge in [0.05, 0.1) is 4.90 Å². The average molecular weight is 733 g/mol. The highest BCUT2D eigenvalue weighted by atomic mass is 32.2. The van der Waals surface area contributed by atoms with Gasteiger partial charge in [0.25, 0.3) is 10.1 Å². The van der Waals surface area contributed by atoms with E-state index in [1.807, 2.05) is 115 Å². The maximum Gasteiger partial charge on any atom is 0.340 e. The number of hydrogen-bond acceptors (Lipinski definition) is 5. The van der Waals surface area contributed by atoms with E-state index in [1.165, 1.54) is 12.1 Å². The first kappa shape index (κ1) is 33.1. The van der Waals surface area contributed by atoms with Crippen LogP contribution in [0.15, 0.2) is 161 Å². The van der Waals surface area contributed by atoms with Crippen molar-refractivity contribution in [3.8, 4) is 39.1 Å². The van der Waals surface area contributed by atoms with Crippen LogP contribution in [0.5, 0.6) is 5.75 Å². The van der Waals surface area contributed by atoms with Crippen molar-refractivity contribution in [3.05, 3.63) is 163 Å². The second-order valence-corrected chi connectivity index (χ2v) is 16.2.